The van der Waals surface area contributed by atoms with Crippen LogP contribution in [0, 0.1) is 0 Å². The molecule has 0 bridgehead atoms. The van der Waals surface area contributed by atoms with Crippen molar-refractivity contribution in [1.29, 1.82) is 0 Å². The van der Waals surface area contributed by atoms with E-state index in [-0.39, 0.29) is 12.1 Å². The number of carbonyl (C=O) groups is 1. The summed E-state index contributed by atoms with van der Waals surface area (Å²) in [5.74, 6) is -0.253. The lowest BCUT2D eigenvalue weighted by molar-refractivity contribution is 0.0267. The summed E-state index contributed by atoms with van der Waals surface area (Å²) in [7, 11) is 0. The van der Waals surface area contributed by atoms with E-state index in [0.717, 1.165) is 30.3 Å². The van der Waals surface area contributed by atoms with Gasteiger partial charge in [0, 0.05) is 6.20 Å². The molecule has 1 aromatic heterocycles. The number of ether oxygens (including phenoxy) is 1. The molecule has 1 saturated carbocycles. The number of halogens is 1. The molecule has 0 radical (unpaired) electrons. The van der Waals surface area contributed by atoms with Crippen molar-refractivity contribution in [1.82, 2.24) is 4.98 Å². The van der Waals surface area contributed by atoms with Crippen molar-refractivity contribution in [2.75, 3.05) is 0 Å². The summed E-state index contributed by atoms with van der Waals surface area (Å²) in [6.07, 6.45) is 8.47. The smallest absolute Gasteiger partial charge is 0.339 e. The van der Waals surface area contributed by atoms with Gasteiger partial charge in [-0.3, -0.25) is 0 Å². The fourth-order valence-corrected chi connectivity index (χ4v) is 2.31. The van der Waals surface area contributed by atoms with Crippen LogP contribution in [0.2, 0.25) is 0 Å². The maximum Gasteiger partial charge on any atom is 0.339 e. The molecule has 0 aromatic carbocycles. The predicted molar refractivity (Wildman–Crippen MR) is 68.8 cm³/mol. The van der Waals surface area contributed by atoms with Crippen molar-refractivity contribution in [2.45, 2.75) is 44.6 Å². The first-order valence-electron chi connectivity index (χ1n) is 6.08. The van der Waals surface area contributed by atoms with Gasteiger partial charge in [-0.1, -0.05) is 12.8 Å². The number of esters is 1. The molecule has 0 N–H and O–H groups in total. The SMILES string of the molecule is O=C(OC1CCCCCC1)c1ccc(Br)nc1. The fraction of sp³-hybridized carbons (Fsp3) is 0.538. The van der Waals surface area contributed by atoms with Gasteiger partial charge in [0.05, 0.1) is 5.56 Å². The van der Waals surface area contributed by atoms with Crippen molar-refractivity contribution in [3.8, 4) is 0 Å². The van der Waals surface area contributed by atoms with Gasteiger partial charge in [-0.2, -0.15) is 0 Å². The molecule has 17 heavy (non-hydrogen) atoms. The monoisotopic (exact) mass is 297 g/mol. The molecule has 0 spiro atoms. The van der Waals surface area contributed by atoms with Crippen LogP contribution < -0.4 is 0 Å². The minimum absolute atomic E-state index is 0.0913. The number of carbonyl (C=O) groups excluding carboxylic acids is 1. The topological polar surface area (TPSA) is 39.2 Å². The summed E-state index contributed by atoms with van der Waals surface area (Å²) in [6, 6.07) is 3.49. The first-order chi connectivity index (χ1) is 8.25. The number of rotatable bonds is 2. The highest BCUT2D eigenvalue weighted by Gasteiger charge is 2.17. The molecule has 0 atom stereocenters. The molecular formula is C13H16BrNO2. The van der Waals surface area contributed by atoms with E-state index in [9.17, 15) is 4.79 Å². The van der Waals surface area contributed by atoms with E-state index >= 15 is 0 Å². The number of nitrogens with zero attached hydrogens (tertiary/aromatic N) is 1. The minimum atomic E-state index is -0.253. The molecule has 2 rings (SSSR count). The molecule has 1 heterocycles. The highest BCUT2D eigenvalue weighted by atomic mass is 79.9. The third kappa shape index (κ3) is 3.80. The van der Waals surface area contributed by atoms with E-state index < -0.39 is 0 Å². The van der Waals surface area contributed by atoms with Crippen LogP contribution in [0.3, 0.4) is 0 Å². The van der Waals surface area contributed by atoms with Gasteiger partial charge in [0.1, 0.15) is 10.7 Å². The Morgan fingerprint density at radius 1 is 1.24 bits per heavy atom. The number of hydrogen-bond acceptors (Lipinski definition) is 3. The molecule has 1 aliphatic rings. The maximum atomic E-state index is 11.9. The van der Waals surface area contributed by atoms with Crippen molar-refractivity contribution in [3.05, 3.63) is 28.5 Å². The number of aromatic nitrogens is 1. The van der Waals surface area contributed by atoms with E-state index in [2.05, 4.69) is 20.9 Å². The van der Waals surface area contributed by atoms with E-state index in [1.165, 1.54) is 12.8 Å². The minimum Gasteiger partial charge on any atom is -0.459 e. The Morgan fingerprint density at radius 3 is 2.53 bits per heavy atom. The zero-order valence-corrected chi connectivity index (χ0v) is 11.3. The molecule has 0 amide bonds. The second-order valence-electron chi connectivity index (χ2n) is 4.39. The van der Waals surface area contributed by atoms with E-state index in [1.807, 2.05) is 0 Å². The Balaban J connectivity index is 1.93. The predicted octanol–water partition coefficient (Wildman–Crippen LogP) is 3.72. The second kappa shape index (κ2) is 6.15. The third-order valence-electron chi connectivity index (χ3n) is 3.04. The lowest BCUT2D eigenvalue weighted by Crippen LogP contribution is -2.17. The summed E-state index contributed by atoms with van der Waals surface area (Å²) in [5.41, 5.74) is 0.525. The molecule has 1 fully saturated rings. The van der Waals surface area contributed by atoms with Crippen LogP contribution in [0.5, 0.6) is 0 Å². The first kappa shape index (κ1) is 12.6. The Kier molecular flexibility index (Phi) is 4.54. The normalized spacial score (nSPS) is 17.5. The van der Waals surface area contributed by atoms with Crippen LogP contribution >= 0.6 is 15.9 Å². The summed E-state index contributed by atoms with van der Waals surface area (Å²) in [4.78, 5) is 15.9. The molecule has 4 heteroatoms. The number of pyridine rings is 1. The molecule has 0 aliphatic heterocycles. The summed E-state index contributed by atoms with van der Waals surface area (Å²) >= 11 is 3.24. The summed E-state index contributed by atoms with van der Waals surface area (Å²) in [6.45, 7) is 0. The van der Waals surface area contributed by atoms with E-state index in [4.69, 9.17) is 4.74 Å². The molecule has 0 unspecified atom stereocenters. The first-order valence-corrected chi connectivity index (χ1v) is 6.87. The van der Waals surface area contributed by atoms with Crippen molar-refractivity contribution in [2.24, 2.45) is 0 Å². The average molecular weight is 298 g/mol. The molecule has 1 aromatic rings. The van der Waals surface area contributed by atoms with Crippen molar-refractivity contribution in [3.63, 3.8) is 0 Å². The fourth-order valence-electron chi connectivity index (χ4n) is 2.08. The largest absolute Gasteiger partial charge is 0.459 e. The summed E-state index contributed by atoms with van der Waals surface area (Å²) in [5, 5.41) is 0. The lowest BCUT2D eigenvalue weighted by Gasteiger charge is -2.15. The standard InChI is InChI=1S/C13H16BrNO2/c14-12-8-7-10(9-15-12)13(16)17-11-5-3-1-2-4-6-11/h7-9,11H,1-6H2. The molecular weight excluding hydrogens is 282 g/mol. The summed E-state index contributed by atoms with van der Waals surface area (Å²) < 4.78 is 6.23. The van der Waals surface area contributed by atoms with Crippen LogP contribution in [-0.4, -0.2) is 17.1 Å². The van der Waals surface area contributed by atoms with Gasteiger partial charge in [-0.05, 0) is 53.7 Å². The van der Waals surface area contributed by atoms with Crippen LogP contribution in [0.15, 0.2) is 22.9 Å². The third-order valence-corrected chi connectivity index (χ3v) is 3.51. The molecule has 3 nitrogen and oxygen atoms in total. The Bertz CT molecular complexity index is 370. The van der Waals surface area contributed by atoms with Crippen LogP contribution in [-0.2, 0) is 4.74 Å². The van der Waals surface area contributed by atoms with Crippen molar-refractivity contribution >= 4 is 21.9 Å². The maximum absolute atomic E-state index is 11.9. The van der Waals surface area contributed by atoms with Crippen LogP contribution in [0.4, 0.5) is 0 Å². The lowest BCUT2D eigenvalue weighted by atomic mass is 10.1. The van der Waals surface area contributed by atoms with Gasteiger partial charge in [0.25, 0.3) is 0 Å². The van der Waals surface area contributed by atoms with Crippen LogP contribution in [0.1, 0.15) is 48.9 Å². The van der Waals surface area contributed by atoms with Crippen LogP contribution in [0.25, 0.3) is 0 Å². The highest BCUT2D eigenvalue weighted by molar-refractivity contribution is 9.10. The number of hydrogen-bond donors (Lipinski definition) is 0. The molecule has 92 valence electrons. The quantitative estimate of drug-likeness (QED) is 0.474. The average Bonchev–Trinajstić information content (AvgIpc) is 2.58. The molecule has 0 saturated heterocycles. The second-order valence-corrected chi connectivity index (χ2v) is 5.20. The zero-order valence-electron chi connectivity index (χ0n) is 9.69. The van der Waals surface area contributed by atoms with Gasteiger partial charge < -0.3 is 4.74 Å². The van der Waals surface area contributed by atoms with E-state index in [1.54, 1.807) is 18.3 Å². The van der Waals surface area contributed by atoms with Gasteiger partial charge in [-0.15, -0.1) is 0 Å². The van der Waals surface area contributed by atoms with E-state index in [0.29, 0.717) is 5.56 Å². The van der Waals surface area contributed by atoms with Gasteiger partial charge in [-0.25, -0.2) is 9.78 Å². The Labute approximate surface area is 110 Å². The Morgan fingerprint density at radius 2 is 1.94 bits per heavy atom. The molecule has 1 aliphatic carbocycles. The Hall–Kier alpha value is -0.900. The highest BCUT2D eigenvalue weighted by Crippen LogP contribution is 2.21. The van der Waals surface area contributed by atoms with Gasteiger partial charge in [0.2, 0.25) is 0 Å². The van der Waals surface area contributed by atoms with Crippen molar-refractivity contribution < 1.29 is 9.53 Å². The van der Waals surface area contributed by atoms with Gasteiger partial charge >= 0.3 is 5.97 Å². The van der Waals surface area contributed by atoms with Gasteiger partial charge in [0.15, 0.2) is 0 Å². The zero-order chi connectivity index (χ0) is 12.1.